The summed E-state index contributed by atoms with van der Waals surface area (Å²) in [5.74, 6) is 0. The minimum absolute atomic E-state index is 0.570. The van der Waals surface area contributed by atoms with E-state index >= 15 is 0 Å². The van der Waals surface area contributed by atoms with Gasteiger partial charge < -0.3 is 5.73 Å². The van der Waals surface area contributed by atoms with Crippen LogP contribution >= 0.6 is 0 Å². The normalized spacial score (nSPS) is 10.8. The van der Waals surface area contributed by atoms with Crippen LogP contribution in [0.4, 0.5) is 0 Å². The lowest BCUT2D eigenvalue weighted by molar-refractivity contribution is 0.553. The molecule has 0 atom stereocenters. The van der Waals surface area contributed by atoms with Crippen molar-refractivity contribution in [2.24, 2.45) is 5.73 Å². The van der Waals surface area contributed by atoms with Crippen molar-refractivity contribution in [3.63, 3.8) is 0 Å². The molecule has 0 fully saturated rings. The molecule has 0 aliphatic rings. The van der Waals surface area contributed by atoms with Gasteiger partial charge in [0, 0.05) is 6.54 Å². The standard InChI is InChI=1S/C8H10N4/c9-5-6-12-10-7-3-1-2-4-8(7)11-12/h1-4H,5-6,9H2. The first kappa shape index (κ1) is 7.24. The molecule has 2 N–H and O–H groups in total. The zero-order chi connectivity index (χ0) is 8.39. The SMILES string of the molecule is NCCn1nc2ccccc2n1. The molecule has 0 saturated carbocycles. The average Bonchev–Trinajstić information content (AvgIpc) is 2.47. The molecule has 1 aromatic carbocycles. The molecule has 0 aliphatic carbocycles. The second-order valence-electron chi connectivity index (χ2n) is 2.57. The van der Waals surface area contributed by atoms with E-state index in [2.05, 4.69) is 10.2 Å². The third kappa shape index (κ3) is 1.16. The molecule has 0 unspecified atom stereocenters. The van der Waals surface area contributed by atoms with Crippen LogP contribution in [0.1, 0.15) is 0 Å². The van der Waals surface area contributed by atoms with E-state index in [1.165, 1.54) is 0 Å². The summed E-state index contributed by atoms with van der Waals surface area (Å²) in [5, 5.41) is 8.46. The second-order valence-corrected chi connectivity index (χ2v) is 2.57. The summed E-state index contributed by atoms with van der Waals surface area (Å²) in [6.07, 6.45) is 0. The molecule has 4 heteroatoms. The van der Waals surface area contributed by atoms with Gasteiger partial charge in [-0.3, -0.25) is 0 Å². The van der Waals surface area contributed by atoms with Crippen molar-refractivity contribution in [2.75, 3.05) is 6.54 Å². The molecule has 1 heterocycles. The first-order valence-electron chi connectivity index (χ1n) is 3.90. The van der Waals surface area contributed by atoms with Gasteiger partial charge in [0.15, 0.2) is 0 Å². The van der Waals surface area contributed by atoms with Crippen LogP contribution in [0.25, 0.3) is 11.0 Å². The monoisotopic (exact) mass is 162 g/mol. The minimum atomic E-state index is 0.570. The molecule has 0 spiro atoms. The maximum absolute atomic E-state index is 5.38. The van der Waals surface area contributed by atoms with Crippen molar-refractivity contribution in [1.82, 2.24) is 15.0 Å². The van der Waals surface area contributed by atoms with Crippen LogP contribution in [0.3, 0.4) is 0 Å². The molecular weight excluding hydrogens is 152 g/mol. The predicted molar refractivity (Wildman–Crippen MR) is 46.6 cm³/mol. The van der Waals surface area contributed by atoms with Crippen LogP contribution in [0.2, 0.25) is 0 Å². The third-order valence-electron chi connectivity index (χ3n) is 1.66. The number of nitrogens with zero attached hydrogens (tertiary/aromatic N) is 3. The molecule has 62 valence electrons. The molecule has 0 bridgehead atoms. The predicted octanol–water partition coefficient (Wildman–Crippen LogP) is 0.390. The van der Waals surface area contributed by atoms with Crippen molar-refractivity contribution in [1.29, 1.82) is 0 Å². The van der Waals surface area contributed by atoms with Gasteiger partial charge >= 0.3 is 0 Å². The fourth-order valence-corrected chi connectivity index (χ4v) is 1.12. The number of hydrogen-bond acceptors (Lipinski definition) is 3. The Morgan fingerprint density at radius 2 is 1.75 bits per heavy atom. The maximum atomic E-state index is 5.38. The Labute approximate surface area is 70.0 Å². The number of aromatic nitrogens is 3. The number of nitrogens with two attached hydrogens (primary N) is 1. The van der Waals surface area contributed by atoms with Crippen molar-refractivity contribution in [2.45, 2.75) is 6.54 Å². The van der Waals surface area contributed by atoms with Gasteiger partial charge in [0.25, 0.3) is 0 Å². The van der Waals surface area contributed by atoms with E-state index in [1.807, 2.05) is 24.3 Å². The zero-order valence-corrected chi connectivity index (χ0v) is 6.64. The molecule has 4 nitrogen and oxygen atoms in total. The molecule has 2 aromatic rings. The lowest BCUT2D eigenvalue weighted by atomic mass is 10.3. The van der Waals surface area contributed by atoms with Crippen LogP contribution < -0.4 is 5.73 Å². The van der Waals surface area contributed by atoms with Gasteiger partial charge in [-0.15, -0.1) is 0 Å². The lowest BCUT2D eigenvalue weighted by Crippen LogP contribution is -2.11. The van der Waals surface area contributed by atoms with Crippen LogP contribution in [-0.4, -0.2) is 21.5 Å². The van der Waals surface area contributed by atoms with Crippen LogP contribution in [0.15, 0.2) is 24.3 Å². The van der Waals surface area contributed by atoms with Gasteiger partial charge in [0.1, 0.15) is 11.0 Å². The fourth-order valence-electron chi connectivity index (χ4n) is 1.12. The number of fused-ring (bicyclic) bond motifs is 1. The van der Waals surface area contributed by atoms with Crippen LogP contribution in [0, 0.1) is 0 Å². The first-order chi connectivity index (χ1) is 5.90. The highest BCUT2D eigenvalue weighted by atomic mass is 15.5. The minimum Gasteiger partial charge on any atom is -0.329 e. The molecule has 0 amide bonds. The summed E-state index contributed by atoms with van der Waals surface area (Å²) in [6, 6.07) is 7.78. The molecule has 1 aromatic heterocycles. The average molecular weight is 162 g/mol. The summed E-state index contributed by atoms with van der Waals surface area (Å²) in [7, 11) is 0. The summed E-state index contributed by atoms with van der Waals surface area (Å²) < 4.78 is 0. The van der Waals surface area contributed by atoms with E-state index in [4.69, 9.17) is 5.73 Å². The van der Waals surface area contributed by atoms with E-state index in [1.54, 1.807) is 4.80 Å². The van der Waals surface area contributed by atoms with Gasteiger partial charge in [0.2, 0.25) is 0 Å². The molecule has 0 saturated heterocycles. The summed E-state index contributed by atoms with van der Waals surface area (Å²) in [4.78, 5) is 1.63. The fraction of sp³-hybridized carbons (Fsp3) is 0.250. The lowest BCUT2D eigenvalue weighted by Gasteiger charge is -1.91. The number of benzene rings is 1. The van der Waals surface area contributed by atoms with Crippen molar-refractivity contribution in [3.8, 4) is 0 Å². The Morgan fingerprint density at radius 1 is 1.17 bits per heavy atom. The van der Waals surface area contributed by atoms with Gasteiger partial charge in [-0.05, 0) is 12.1 Å². The molecule has 0 aliphatic heterocycles. The largest absolute Gasteiger partial charge is 0.329 e. The van der Waals surface area contributed by atoms with Gasteiger partial charge in [-0.2, -0.15) is 15.0 Å². The molecule has 2 rings (SSSR count). The Hall–Kier alpha value is -1.42. The number of hydrogen-bond donors (Lipinski definition) is 1. The first-order valence-corrected chi connectivity index (χ1v) is 3.90. The summed E-state index contributed by atoms with van der Waals surface area (Å²) in [6.45, 7) is 1.25. The van der Waals surface area contributed by atoms with Crippen molar-refractivity contribution < 1.29 is 0 Å². The molecular formula is C8H10N4. The van der Waals surface area contributed by atoms with E-state index in [0.717, 1.165) is 11.0 Å². The number of rotatable bonds is 2. The van der Waals surface area contributed by atoms with E-state index < -0.39 is 0 Å². The van der Waals surface area contributed by atoms with Crippen molar-refractivity contribution in [3.05, 3.63) is 24.3 Å². The Balaban J connectivity index is 2.47. The topological polar surface area (TPSA) is 56.7 Å². The highest BCUT2D eigenvalue weighted by Crippen LogP contribution is 2.06. The maximum Gasteiger partial charge on any atom is 0.113 e. The zero-order valence-electron chi connectivity index (χ0n) is 6.64. The summed E-state index contributed by atoms with van der Waals surface area (Å²) in [5.41, 5.74) is 7.23. The van der Waals surface area contributed by atoms with Gasteiger partial charge in [-0.1, -0.05) is 12.1 Å². The summed E-state index contributed by atoms with van der Waals surface area (Å²) >= 11 is 0. The Morgan fingerprint density at radius 3 is 2.25 bits per heavy atom. The van der Waals surface area contributed by atoms with Crippen molar-refractivity contribution >= 4 is 11.0 Å². The van der Waals surface area contributed by atoms with Gasteiger partial charge in [0.05, 0.1) is 6.54 Å². The molecule has 0 radical (unpaired) electrons. The highest BCUT2D eigenvalue weighted by molar-refractivity contribution is 5.72. The van der Waals surface area contributed by atoms with E-state index in [-0.39, 0.29) is 0 Å². The Bertz CT molecular complexity index is 346. The smallest absolute Gasteiger partial charge is 0.113 e. The van der Waals surface area contributed by atoms with E-state index in [0.29, 0.717) is 13.1 Å². The quantitative estimate of drug-likeness (QED) is 0.695. The van der Waals surface area contributed by atoms with Crippen LogP contribution in [0.5, 0.6) is 0 Å². The Kier molecular flexibility index (Phi) is 1.75. The van der Waals surface area contributed by atoms with Gasteiger partial charge in [-0.25, -0.2) is 0 Å². The van der Waals surface area contributed by atoms with E-state index in [9.17, 15) is 0 Å². The highest BCUT2D eigenvalue weighted by Gasteiger charge is 1.98. The third-order valence-corrected chi connectivity index (χ3v) is 1.66. The second kappa shape index (κ2) is 2.91. The van der Waals surface area contributed by atoms with Crippen LogP contribution in [-0.2, 0) is 6.54 Å². The molecule has 12 heavy (non-hydrogen) atoms.